The summed E-state index contributed by atoms with van der Waals surface area (Å²) in [6.45, 7) is 0. The van der Waals surface area contributed by atoms with Gasteiger partial charge >= 0.3 is 0 Å². The molecule has 94 valence electrons. The molecule has 0 aliphatic rings. The fourth-order valence-electron chi connectivity index (χ4n) is 1.95. The van der Waals surface area contributed by atoms with Gasteiger partial charge in [0, 0.05) is 42.2 Å². The maximum absolute atomic E-state index is 11.2. The number of hydrogen-bond donors (Lipinski definition) is 1. The van der Waals surface area contributed by atoms with Crippen molar-refractivity contribution in [1.82, 2.24) is 19.7 Å². The summed E-state index contributed by atoms with van der Waals surface area (Å²) in [6.07, 6.45) is 7.01. The first-order chi connectivity index (χ1) is 9.15. The summed E-state index contributed by atoms with van der Waals surface area (Å²) in [4.78, 5) is 19.7. The highest BCUT2D eigenvalue weighted by molar-refractivity contribution is 5.97. The molecule has 0 aliphatic carbocycles. The van der Waals surface area contributed by atoms with Crippen molar-refractivity contribution in [2.75, 3.05) is 0 Å². The van der Waals surface area contributed by atoms with Gasteiger partial charge in [-0.1, -0.05) is 0 Å². The second kappa shape index (κ2) is 4.16. The average Bonchev–Trinajstić information content (AvgIpc) is 2.84. The predicted octanol–water partition coefficient (Wildman–Crippen LogP) is 1.13. The number of hydrogen-bond acceptors (Lipinski definition) is 4. The SMILES string of the molecule is Cn1cc(-c2cncc3ccc(C(N)=O)nc23)cn1. The van der Waals surface area contributed by atoms with E-state index in [1.165, 1.54) is 0 Å². The van der Waals surface area contributed by atoms with Crippen LogP contribution in [0, 0.1) is 0 Å². The molecule has 0 saturated heterocycles. The Bertz CT molecular complexity index is 778. The first-order valence-corrected chi connectivity index (χ1v) is 5.69. The number of nitrogens with two attached hydrogens (primary N) is 1. The van der Waals surface area contributed by atoms with E-state index >= 15 is 0 Å². The lowest BCUT2D eigenvalue weighted by Gasteiger charge is -2.04. The maximum Gasteiger partial charge on any atom is 0.267 e. The minimum absolute atomic E-state index is 0.240. The zero-order valence-electron chi connectivity index (χ0n) is 10.2. The summed E-state index contributed by atoms with van der Waals surface area (Å²) in [6, 6.07) is 3.38. The molecular formula is C13H11N5O. The number of fused-ring (bicyclic) bond motifs is 1. The Morgan fingerprint density at radius 2 is 2.11 bits per heavy atom. The molecule has 0 spiro atoms. The third kappa shape index (κ3) is 1.93. The molecule has 0 saturated carbocycles. The fraction of sp³-hybridized carbons (Fsp3) is 0.0769. The summed E-state index contributed by atoms with van der Waals surface area (Å²) >= 11 is 0. The van der Waals surface area contributed by atoms with Crippen molar-refractivity contribution >= 4 is 16.8 Å². The van der Waals surface area contributed by atoms with Gasteiger partial charge in [0.05, 0.1) is 11.7 Å². The van der Waals surface area contributed by atoms with Crippen molar-refractivity contribution in [2.24, 2.45) is 12.8 Å². The molecule has 0 aromatic carbocycles. The van der Waals surface area contributed by atoms with Gasteiger partial charge in [0.25, 0.3) is 5.91 Å². The lowest BCUT2D eigenvalue weighted by atomic mass is 10.1. The quantitative estimate of drug-likeness (QED) is 0.741. The van der Waals surface area contributed by atoms with Gasteiger partial charge in [-0.25, -0.2) is 4.98 Å². The molecule has 19 heavy (non-hydrogen) atoms. The van der Waals surface area contributed by atoms with Crippen molar-refractivity contribution < 1.29 is 4.79 Å². The van der Waals surface area contributed by atoms with Crippen LogP contribution in [0.2, 0.25) is 0 Å². The second-order valence-corrected chi connectivity index (χ2v) is 4.22. The summed E-state index contributed by atoms with van der Waals surface area (Å²) in [5, 5.41) is 4.98. The number of amides is 1. The molecule has 0 radical (unpaired) electrons. The molecule has 6 heteroatoms. The van der Waals surface area contributed by atoms with Crippen LogP contribution in [-0.4, -0.2) is 25.7 Å². The van der Waals surface area contributed by atoms with Gasteiger partial charge in [-0.2, -0.15) is 5.10 Å². The number of aryl methyl sites for hydroxylation is 1. The van der Waals surface area contributed by atoms with E-state index in [-0.39, 0.29) is 5.69 Å². The first-order valence-electron chi connectivity index (χ1n) is 5.69. The number of carbonyl (C=O) groups excluding carboxylic acids is 1. The van der Waals surface area contributed by atoms with Crippen LogP contribution >= 0.6 is 0 Å². The van der Waals surface area contributed by atoms with E-state index in [1.807, 2.05) is 13.2 Å². The monoisotopic (exact) mass is 253 g/mol. The zero-order valence-corrected chi connectivity index (χ0v) is 10.2. The van der Waals surface area contributed by atoms with Gasteiger partial charge in [0.15, 0.2) is 0 Å². The number of nitrogens with zero attached hydrogens (tertiary/aromatic N) is 4. The van der Waals surface area contributed by atoms with Gasteiger partial charge in [0.2, 0.25) is 0 Å². The van der Waals surface area contributed by atoms with Crippen molar-refractivity contribution in [1.29, 1.82) is 0 Å². The molecule has 1 amide bonds. The number of aromatic nitrogens is 4. The minimum atomic E-state index is -0.546. The summed E-state index contributed by atoms with van der Waals surface area (Å²) in [5.41, 5.74) is 7.92. The van der Waals surface area contributed by atoms with Crippen LogP contribution in [0.3, 0.4) is 0 Å². The van der Waals surface area contributed by atoms with Gasteiger partial charge in [-0.05, 0) is 12.1 Å². The molecule has 0 fully saturated rings. The topological polar surface area (TPSA) is 86.7 Å². The standard InChI is InChI=1S/C13H11N5O/c1-18-7-9(5-16-18)10-6-15-4-8-2-3-11(13(14)19)17-12(8)10/h2-7H,1H3,(H2,14,19). The Hall–Kier alpha value is -2.76. The zero-order chi connectivity index (χ0) is 13.4. The predicted molar refractivity (Wildman–Crippen MR) is 70.3 cm³/mol. The number of pyridine rings is 2. The van der Waals surface area contributed by atoms with Crippen molar-refractivity contribution in [3.8, 4) is 11.1 Å². The highest BCUT2D eigenvalue weighted by Crippen LogP contribution is 2.25. The molecule has 0 atom stereocenters. The van der Waals surface area contributed by atoms with Gasteiger partial charge in [-0.3, -0.25) is 14.5 Å². The second-order valence-electron chi connectivity index (χ2n) is 4.22. The Labute approximate surface area is 108 Å². The molecule has 3 aromatic rings. The lowest BCUT2D eigenvalue weighted by Crippen LogP contribution is -2.12. The molecular weight excluding hydrogens is 242 g/mol. The molecule has 6 nitrogen and oxygen atoms in total. The van der Waals surface area contributed by atoms with E-state index in [0.717, 1.165) is 16.5 Å². The first kappa shape index (κ1) is 11.3. The van der Waals surface area contributed by atoms with Crippen molar-refractivity contribution in [3.63, 3.8) is 0 Å². The summed E-state index contributed by atoms with van der Waals surface area (Å²) in [5.74, 6) is -0.546. The number of rotatable bonds is 2. The van der Waals surface area contributed by atoms with Gasteiger partial charge in [0.1, 0.15) is 5.69 Å². The molecule has 0 unspecified atom stereocenters. The number of primary amides is 1. The van der Waals surface area contributed by atoms with E-state index < -0.39 is 5.91 Å². The Balaban J connectivity index is 2.29. The van der Waals surface area contributed by atoms with Crippen LogP contribution in [0.15, 0.2) is 36.9 Å². The summed E-state index contributed by atoms with van der Waals surface area (Å²) in [7, 11) is 1.84. The maximum atomic E-state index is 11.2. The normalized spacial score (nSPS) is 10.8. The smallest absolute Gasteiger partial charge is 0.267 e. The highest BCUT2D eigenvalue weighted by atomic mass is 16.1. The minimum Gasteiger partial charge on any atom is -0.364 e. The van der Waals surface area contributed by atoms with Crippen LogP contribution in [0.1, 0.15) is 10.5 Å². The van der Waals surface area contributed by atoms with E-state index in [9.17, 15) is 4.79 Å². The largest absolute Gasteiger partial charge is 0.364 e. The van der Waals surface area contributed by atoms with Crippen LogP contribution in [0.25, 0.3) is 22.0 Å². The van der Waals surface area contributed by atoms with E-state index in [2.05, 4.69) is 15.1 Å². The van der Waals surface area contributed by atoms with Gasteiger partial charge < -0.3 is 5.73 Å². The van der Waals surface area contributed by atoms with Crippen molar-refractivity contribution in [3.05, 3.63) is 42.6 Å². The molecule has 0 aliphatic heterocycles. The van der Waals surface area contributed by atoms with Crippen LogP contribution < -0.4 is 5.73 Å². The van der Waals surface area contributed by atoms with Crippen LogP contribution in [0.5, 0.6) is 0 Å². The molecule has 3 aromatic heterocycles. The summed E-state index contributed by atoms with van der Waals surface area (Å²) < 4.78 is 1.70. The number of carbonyl (C=O) groups is 1. The fourth-order valence-corrected chi connectivity index (χ4v) is 1.95. The van der Waals surface area contributed by atoms with Crippen LogP contribution in [-0.2, 0) is 7.05 Å². The Morgan fingerprint density at radius 3 is 2.79 bits per heavy atom. The van der Waals surface area contributed by atoms with Crippen LogP contribution in [0.4, 0.5) is 0 Å². The molecule has 3 rings (SSSR count). The average molecular weight is 253 g/mol. The van der Waals surface area contributed by atoms with Crippen molar-refractivity contribution in [2.45, 2.75) is 0 Å². The molecule has 0 bridgehead atoms. The van der Waals surface area contributed by atoms with Gasteiger partial charge in [-0.15, -0.1) is 0 Å². The third-order valence-corrected chi connectivity index (χ3v) is 2.87. The Morgan fingerprint density at radius 1 is 1.26 bits per heavy atom. The Kier molecular flexibility index (Phi) is 2.49. The highest BCUT2D eigenvalue weighted by Gasteiger charge is 2.10. The molecule has 2 N–H and O–H groups in total. The lowest BCUT2D eigenvalue weighted by molar-refractivity contribution is 0.0996. The molecule has 3 heterocycles. The third-order valence-electron chi connectivity index (χ3n) is 2.87. The van der Waals surface area contributed by atoms with E-state index in [1.54, 1.807) is 35.4 Å². The van der Waals surface area contributed by atoms with E-state index in [0.29, 0.717) is 5.52 Å². The van der Waals surface area contributed by atoms with E-state index in [4.69, 9.17) is 5.73 Å².